The molecule has 0 fully saturated rings. The molecule has 1 N–H and O–H groups in total. The van der Waals surface area contributed by atoms with Gasteiger partial charge in [-0.25, -0.2) is 9.82 Å². The molecule has 0 heterocycles. The lowest BCUT2D eigenvalue weighted by atomic mass is 10.2. The zero-order chi connectivity index (χ0) is 18.6. The van der Waals surface area contributed by atoms with E-state index in [0.29, 0.717) is 10.5 Å². The minimum absolute atomic E-state index is 0.0332. The highest BCUT2D eigenvalue weighted by Crippen LogP contribution is 2.47. The van der Waals surface area contributed by atoms with Crippen molar-refractivity contribution in [2.75, 3.05) is 5.75 Å². The summed E-state index contributed by atoms with van der Waals surface area (Å²) in [6, 6.07) is 5.63. The summed E-state index contributed by atoms with van der Waals surface area (Å²) in [6.07, 6.45) is 1.39. The van der Waals surface area contributed by atoms with Crippen LogP contribution in [0.25, 0.3) is 0 Å². The van der Waals surface area contributed by atoms with Crippen molar-refractivity contribution in [3.05, 3.63) is 60.8 Å². The highest BCUT2D eigenvalue weighted by atomic mass is 35.5. The van der Waals surface area contributed by atoms with Crippen molar-refractivity contribution in [3.63, 3.8) is 0 Å². The van der Waals surface area contributed by atoms with Gasteiger partial charge >= 0.3 is 0 Å². The molecule has 0 aromatic heterocycles. The number of nitrogens with zero attached hydrogens (tertiary/aromatic N) is 1. The average Bonchev–Trinajstić information content (AvgIpc) is 2.60. The van der Waals surface area contributed by atoms with Crippen LogP contribution in [0.1, 0.15) is 5.56 Å². The van der Waals surface area contributed by atoms with E-state index in [1.807, 2.05) is 0 Å². The van der Waals surface area contributed by atoms with E-state index in [2.05, 4.69) is 10.5 Å². The first-order chi connectivity index (χ1) is 11.8. The number of nitrogens with one attached hydrogen (secondary N) is 1. The summed E-state index contributed by atoms with van der Waals surface area (Å²) >= 11 is 31.0. The molecule has 0 saturated heterocycles. The molecule has 0 aliphatic heterocycles. The van der Waals surface area contributed by atoms with Crippen LogP contribution < -0.4 is 5.43 Å². The van der Waals surface area contributed by atoms with Crippen LogP contribution in [0.5, 0.6) is 0 Å². The summed E-state index contributed by atoms with van der Waals surface area (Å²) in [4.78, 5) is 12.2. The predicted molar refractivity (Wildman–Crippen MR) is 104 cm³/mol. The zero-order valence-electron chi connectivity index (χ0n) is 12.1. The van der Waals surface area contributed by atoms with Crippen LogP contribution in [0, 0.1) is 5.82 Å². The SMILES string of the molecule is O=C(CSc1c(Cl)c(Cl)c(Cl)c(Cl)c1Cl)N/N=C\c1ccc(F)cc1. The molecule has 0 aliphatic carbocycles. The normalized spacial score (nSPS) is 11.1. The Balaban J connectivity index is 1.97. The van der Waals surface area contributed by atoms with E-state index >= 15 is 0 Å². The molecule has 0 atom stereocenters. The van der Waals surface area contributed by atoms with Gasteiger partial charge in [0.05, 0.1) is 37.1 Å². The van der Waals surface area contributed by atoms with Gasteiger partial charge < -0.3 is 0 Å². The van der Waals surface area contributed by atoms with E-state index in [1.54, 1.807) is 0 Å². The maximum Gasteiger partial charge on any atom is 0.250 e. The number of thioether (sulfide) groups is 1. The Labute approximate surface area is 172 Å². The Kier molecular flexibility index (Phi) is 7.68. The number of carbonyl (C=O) groups is 1. The molecule has 3 nitrogen and oxygen atoms in total. The first-order valence-corrected chi connectivity index (χ1v) is 9.40. The quantitative estimate of drug-likeness (QED) is 0.186. The molecule has 0 spiro atoms. The Hall–Kier alpha value is -0.690. The fourth-order valence-corrected chi connectivity index (χ4v) is 3.98. The van der Waals surface area contributed by atoms with Gasteiger partial charge in [0.15, 0.2) is 0 Å². The second-order valence-electron chi connectivity index (χ2n) is 4.53. The number of hydrazone groups is 1. The molecule has 2 rings (SSSR count). The number of carbonyl (C=O) groups excluding carboxylic acids is 1. The first-order valence-electron chi connectivity index (χ1n) is 6.53. The lowest BCUT2D eigenvalue weighted by Crippen LogP contribution is -2.19. The summed E-state index contributed by atoms with van der Waals surface area (Å²) in [5, 5.41) is 4.20. The Bertz CT molecular complexity index is 801. The summed E-state index contributed by atoms with van der Waals surface area (Å²) in [5.41, 5.74) is 2.97. The summed E-state index contributed by atoms with van der Waals surface area (Å²) < 4.78 is 12.8. The van der Waals surface area contributed by atoms with Crippen LogP contribution in [0.3, 0.4) is 0 Å². The van der Waals surface area contributed by atoms with Crippen molar-refractivity contribution >= 4 is 81.9 Å². The molecule has 0 aliphatic rings. The lowest BCUT2D eigenvalue weighted by molar-refractivity contribution is -0.118. The van der Waals surface area contributed by atoms with Gasteiger partial charge in [-0.3, -0.25) is 4.79 Å². The molecular formula is C15H8Cl5FN2OS. The van der Waals surface area contributed by atoms with Crippen LogP contribution in [-0.4, -0.2) is 17.9 Å². The van der Waals surface area contributed by atoms with Crippen LogP contribution in [0.15, 0.2) is 34.3 Å². The highest BCUT2D eigenvalue weighted by molar-refractivity contribution is 8.00. The molecule has 2 aromatic carbocycles. The Morgan fingerprint density at radius 1 is 1.00 bits per heavy atom. The fourth-order valence-electron chi connectivity index (χ4n) is 1.61. The van der Waals surface area contributed by atoms with E-state index in [4.69, 9.17) is 58.0 Å². The fraction of sp³-hybridized carbons (Fsp3) is 0.0667. The topological polar surface area (TPSA) is 41.5 Å². The smallest absolute Gasteiger partial charge is 0.250 e. The Morgan fingerprint density at radius 2 is 1.52 bits per heavy atom. The van der Waals surface area contributed by atoms with Gasteiger partial charge in [0.25, 0.3) is 0 Å². The third-order valence-corrected chi connectivity index (χ3v) is 6.39. The minimum Gasteiger partial charge on any atom is -0.272 e. The minimum atomic E-state index is -0.405. The van der Waals surface area contributed by atoms with Gasteiger partial charge in [-0.2, -0.15) is 5.10 Å². The molecule has 0 radical (unpaired) electrons. The largest absolute Gasteiger partial charge is 0.272 e. The number of halogens is 6. The maximum absolute atomic E-state index is 12.8. The number of rotatable bonds is 5. The lowest BCUT2D eigenvalue weighted by Gasteiger charge is -2.11. The number of benzene rings is 2. The first kappa shape index (κ1) is 20.6. The highest BCUT2D eigenvalue weighted by Gasteiger charge is 2.20. The summed E-state index contributed by atoms with van der Waals surface area (Å²) in [7, 11) is 0. The molecule has 1 amide bonds. The molecule has 0 saturated carbocycles. The summed E-state index contributed by atoms with van der Waals surface area (Å²) in [6.45, 7) is 0. The van der Waals surface area contributed by atoms with E-state index < -0.39 is 5.91 Å². The van der Waals surface area contributed by atoms with E-state index in [1.165, 1.54) is 30.5 Å². The number of amides is 1. The van der Waals surface area contributed by atoms with Crippen molar-refractivity contribution in [2.24, 2.45) is 5.10 Å². The van der Waals surface area contributed by atoms with Gasteiger partial charge in [0.2, 0.25) is 5.91 Å². The maximum atomic E-state index is 12.8. The van der Waals surface area contributed by atoms with E-state index in [0.717, 1.165) is 11.8 Å². The van der Waals surface area contributed by atoms with Gasteiger partial charge in [-0.1, -0.05) is 70.1 Å². The third kappa shape index (κ3) is 5.39. The molecule has 25 heavy (non-hydrogen) atoms. The predicted octanol–water partition coefficient (Wildman–Crippen LogP) is 6.34. The van der Waals surface area contributed by atoms with Crippen molar-refractivity contribution in [2.45, 2.75) is 4.90 Å². The molecule has 2 aromatic rings. The number of hydrogen-bond acceptors (Lipinski definition) is 3. The van der Waals surface area contributed by atoms with Crippen LogP contribution >= 0.6 is 69.8 Å². The summed E-state index contributed by atoms with van der Waals surface area (Å²) in [5.74, 6) is -0.793. The van der Waals surface area contributed by atoms with Gasteiger partial charge in [-0.05, 0) is 17.7 Å². The standard InChI is InChI=1S/C15H8Cl5FN2OS/c16-10-11(17)13(19)15(14(20)12(10)18)25-6-9(24)23-22-5-7-1-3-8(21)4-2-7/h1-5H,6H2,(H,23,24)/b22-5-. The molecule has 10 heteroatoms. The van der Waals surface area contributed by atoms with Gasteiger partial charge in [-0.15, -0.1) is 11.8 Å². The second-order valence-corrected chi connectivity index (χ2v) is 7.41. The van der Waals surface area contributed by atoms with Crippen molar-refractivity contribution in [1.29, 1.82) is 0 Å². The van der Waals surface area contributed by atoms with Crippen molar-refractivity contribution < 1.29 is 9.18 Å². The van der Waals surface area contributed by atoms with Crippen LogP contribution in [0.2, 0.25) is 25.1 Å². The van der Waals surface area contributed by atoms with Gasteiger partial charge in [0.1, 0.15) is 5.82 Å². The molecule has 0 bridgehead atoms. The monoisotopic (exact) mass is 458 g/mol. The van der Waals surface area contributed by atoms with Crippen LogP contribution in [0.4, 0.5) is 4.39 Å². The molecular weight excluding hydrogens is 453 g/mol. The molecule has 132 valence electrons. The van der Waals surface area contributed by atoms with E-state index in [9.17, 15) is 9.18 Å². The zero-order valence-corrected chi connectivity index (χ0v) is 16.7. The average molecular weight is 461 g/mol. The third-order valence-electron chi connectivity index (χ3n) is 2.79. The van der Waals surface area contributed by atoms with Crippen LogP contribution in [-0.2, 0) is 4.79 Å². The van der Waals surface area contributed by atoms with E-state index in [-0.39, 0.29) is 36.7 Å². The van der Waals surface area contributed by atoms with Crippen molar-refractivity contribution in [1.82, 2.24) is 5.43 Å². The second kappa shape index (κ2) is 9.31. The van der Waals surface area contributed by atoms with Crippen molar-refractivity contribution in [3.8, 4) is 0 Å². The van der Waals surface area contributed by atoms with Gasteiger partial charge in [0, 0.05) is 4.90 Å². The number of hydrogen-bond donors (Lipinski definition) is 1. The Morgan fingerprint density at radius 3 is 2.08 bits per heavy atom. The molecule has 0 unspecified atom stereocenters.